The molecule has 20 heavy (non-hydrogen) atoms. The number of hydrazine groups is 1. The molecule has 0 saturated heterocycles. The van der Waals surface area contributed by atoms with Crippen molar-refractivity contribution in [2.75, 3.05) is 0 Å². The zero-order valence-electron chi connectivity index (χ0n) is 13.4. The number of rotatable bonds is 5. The highest BCUT2D eigenvalue weighted by Gasteiger charge is 2.37. The van der Waals surface area contributed by atoms with Gasteiger partial charge in [0.15, 0.2) is 0 Å². The van der Waals surface area contributed by atoms with Gasteiger partial charge < -0.3 is 0 Å². The maximum Gasteiger partial charge on any atom is 0.0624 e. The topological polar surface area (TPSA) is 55.9 Å². The third-order valence-electron chi connectivity index (χ3n) is 5.11. The molecule has 2 atom stereocenters. The van der Waals surface area contributed by atoms with E-state index in [4.69, 9.17) is 5.84 Å². The van der Waals surface area contributed by atoms with Crippen molar-refractivity contribution in [1.29, 1.82) is 0 Å². The highest BCUT2D eigenvalue weighted by Crippen LogP contribution is 2.42. The smallest absolute Gasteiger partial charge is 0.0624 e. The van der Waals surface area contributed by atoms with E-state index in [2.05, 4.69) is 37.4 Å². The Morgan fingerprint density at radius 1 is 1.50 bits per heavy atom. The summed E-state index contributed by atoms with van der Waals surface area (Å²) in [6.07, 6.45) is 7.23. The van der Waals surface area contributed by atoms with Gasteiger partial charge in [0, 0.05) is 25.2 Å². The average molecular weight is 278 g/mol. The predicted octanol–water partition coefficient (Wildman–Crippen LogP) is 2.57. The van der Waals surface area contributed by atoms with Crippen molar-refractivity contribution in [3.63, 3.8) is 0 Å². The normalized spacial score (nSPS) is 23.8. The quantitative estimate of drug-likeness (QED) is 0.643. The van der Waals surface area contributed by atoms with E-state index < -0.39 is 0 Å². The lowest BCUT2D eigenvalue weighted by Gasteiger charge is -2.43. The molecule has 0 radical (unpaired) electrons. The van der Waals surface area contributed by atoms with Gasteiger partial charge in [0.05, 0.1) is 5.69 Å². The van der Waals surface area contributed by atoms with Crippen molar-refractivity contribution in [2.24, 2.45) is 24.2 Å². The minimum absolute atomic E-state index is 0.338. The number of aromatic nitrogens is 2. The van der Waals surface area contributed by atoms with Gasteiger partial charge in [0.25, 0.3) is 0 Å². The van der Waals surface area contributed by atoms with E-state index in [0.717, 1.165) is 12.8 Å². The van der Waals surface area contributed by atoms with Gasteiger partial charge in [-0.2, -0.15) is 5.10 Å². The van der Waals surface area contributed by atoms with Crippen molar-refractivity contribution in [3.05, 3.63) is 17.5 Å². The van der Waals surface area contributed by atoms with Crippen molar-refractivity contribution in [2.45, 2.75) is 65.3 Å². The summed E-state index contributed by atoms with van der Waals surface area (Å²) in [5.41, 5.74) is 5.92. The van der Waals surface area contributed by atoms with E-state index in [-0.39, 0.29) is 0 Å². The molecule has 2 unspecified atom stereocenters. The summed E-state index contributed by atoms with van der Waals surface area (Å²) in [7, 11) is 2.04. The first-order valence-electron chi connectivity index (χ1n) is 7.96. The second kappa shape index (κ2) is 6.27. The molecule has 0 amide bonds. The third-order valence-corrected chi connectivity index (χ3v) is 5.11. The van der Waals surface area contributed by atoms with E-state index in [1.165, 1.54) is 37.1 Å². The Kier molecular flexibility index (Phi) is 4.86. The molecule has 114 valence electrons. The maximum absolute atomic E-state index is 5.88. The summed E-state index contributed by atoms with van der Waals surface area (Å²) in [5.74, 6) is 6.52. The van der Waals surface area contributed by atoms with Crippen LogP contribution in [0.3, 0.4) is 0 Å². The van der Waals surface area contributed by atoms with Gasteiger partial charge in [-0.1, -0.05) is 33.6 Å². The first-order valence-corrected chi connectivity index (χ1v) is 7.96. The van der Waals surface area contributed by atoms with E-state index in [1.54, 1.807) is 0 Å². The van der Waals surface area contributed by atoms with Gasteiger partial charge in [-0.05, 0) is 36.7 Å². The van der Waals surface area contributed by atoms with Crippen LogP contribution >= 0.6 is 0 Å². The van der Waals surface area contributed by atoms with Crippen molar-refractivity contribution < 1.29 is 0 Å². The Bertz CT molecular complexity index is 436. The molecule has 1 aromatic heterocycles. The number of hydrogen-bond acceptors (Lipinski definition) is 3. The van der Waals surface area contributed by atoms with Crippen LogP contribution in [0.15, 0.2) is 6.07 Å². The Morgan fingerprint density at radius 2 is 2.25 bits per heavy atom. The van der Waals surface area contributed by atoms with Gasteiger partial charge in [-0.15, -0.1) is 0 Å². The number of nitrogens with two attached hydrogens (primary N) is 1. The van der Waals surface area contributed by atoms with E-state index >= 15 is 0 Å². The fourth-order valence-corrected chi connectivity index (χ4v) is 3.74. The van der Waals surface area contributed by atoms with Crippen LogP contribution < -0.4 is 11.3 Å². The van der Waals surface area contributed by atoms with Gasteiger partial charge in [0.2, 0.25) is 0 Å². The fourth-order valence-electron chi connectivity index (χ4n) is 3.74. The Labute approximate surface area is 123 Å². The first-order chi connectivity index (χ1) is 9.47. The molecule has 4 heteroatoms. The second-order valence-corrected chi connectivity index (χ2v) is 6.92. The van der Waals surface area contributed by atoms with Gasteiger partial charge in [0.1, 0.15) is 0 Å². The summed E-state index contributed by atoms with van der Waals surface area (Å²) in [6, 6.07) is 2.56. The van der Waals surface area contributed by atoms with Crippen LogP contribution in [-0.2, 0) is 19.9 Å². The Balaban J connectivity index is 2.13. The molecular formula is C16H30N4. The maximum atomic E-state index is 5.88. The summed E-state index contributed by atoms with van der Waals surface area (Å²) < 4.78 is 2.01. The molecule has 0 spiro atoms. The average Bonchev–Trinajstić information content (AvgIpc) is 2.77. The lowest BCUT2D eigenvalue weighted by atomic mass is 9.65. The molecule has 1 aliphatic carbocycles. The minimum atomic E-state index is 0.338. The zero-order chi connectivity index (χ0) is 14.8. The summed E-state index contributed by atoms with van der Waals surface area (Å²) in [6.45, 7) is 6.93. The Morgan fingerprint density at radius 3 is 2.80 bits per heavy atom. The lowest BCUT2D eigenvalue weighted by Crippen LogP contribution is -2.49. The largest absolute Gasteiger partial charge is 0.272 e. The van der Waals surface area contributed by atoms with Gasteiger partial charge >= 0.3 is 0 Å². The van der Waals surface area contributed by atoms with Gasteiger partial charge in [-0.3, -0.25) is 16.0 Å². The van der Waals surface area contributed by atoms with E-state index in [1.807, 2.05) is 11.7 Å². The fraction of sp³-hybridized carbons (Fsp3) is 0.812. The summed E-state index contributed by atoms with van der Waals surface area (Å²) in [4.78, 5) is 0. The molecule has 4 nitrogen and oxygen atoms in total. The minimum Gasteiger partial charge on any atom is -0.272 e. The van der Waals surface area contributed by atoms with Crippen LogP contribution in [-0.4, -0.2) is 15.8 Å². The summed E-state index contributed by atoms with van der Waals surface area (Å²) in [5, 5.41) is 4.55. The number of nitrogens with zero attached hydrogens (tertiary/aromatic N) is 2. The van der Waals surface area contributed by atoms with Crippen LogP contribution in [0, 0.1) is 11.3 Å². The predicted molar refractivity (Wildman–Crippen MR) is 83.1 cm³/mol. The highest BCUT2D eigenvalue weighted by molar-refractivity contribution is 5.12. The van der Waals surface area contributed by atoms with E-state index in [0.29, 0.717) is 17.4 Å². The molecule has 3 N–H and O–H groups in total. The van der Waals surface area contributed by atoms with Crippen LogP contribution in [0.5, 0.6) is 0 Å². The van der Waals surface area contributed by atoms with E-state index in [9.17, 15) is 0 Å². The van der Waals surface area contributed by atoms with Crippen molar-refractivity contribution in [1.82, 2.24) is 15.2 Å². The first kappa shape index (κ1) is 15.5. The molecule has 1 saturated carbocycles. The molecule has 0 bridgehead atoms. The zero-order valence-corrected chi connectivity index (χ0v) is 13.4. The standard InChI is InChI=1S/C16H30N4/c1-5-12-10-13(20(4)19-12)11-15(18-17)14-8-6-7-9-16(14,2)3/h10,14-15,18H,5-9,11,17H2,1-4H3. The highest BCUT2D eigenvalue weighted by atomic mass is 15.3. The number of nitrogens with one attached hydrogen (secondary N) is 1. The van der Waals surface area contributed by atoms with Crippen molar-refractivity contribution >= 4 is 0 Å². The molecule has 0 aliphatic heterocycles. The molecule has 1 aliphatic rings. The Hall–Kier alpha value is -0.870. The van der Waals surface area contributed by atoms with Crippen LogP contribution in [0.2, 0.25) is 0 Å². The lowest BCUT2D eigenvalue weighted by molar-refractivity contribution is 0.0974. The van der Waals surface area contributed by atoms with Gasteiger partial charge in [-0.25, -0.2) is 0 Å². The SMILES string of the molecule is CCc1cc(CC(NN)C2CCCCC2(C)C)n(C)n1. The molecule has 1 heterocycles. The molecule has 1 aromatic rings. The number of hydrogen-bond donors (Lipinski definition) is 2. The number of aryl methyl sites for hydroxylation is 2. The van der Waals surface area contributed by atoms with Crippen LogP contribution in [0.4, 0.5) is 0 Å². The summed E-state index contributed by atoms with van der Waals surface area (Å²) >= 11 is 0. The van der Waals surface area contributed by atoms with Crippen LogP contribution in [0.25, 0.3) is 0 Å². The second-order valence-electron chi connectivity index (χ2n) is 6.92. The molecule has 2 rings (SSSR count). The monoisotopic (exact) mass is 278 g/mol. The molecule has 1 fully saturated rings. The molecule has 0 aromatic carbocycles. The molecular weight excluding hydrogens is 248 g/mol. The van der Waals surface area contributed by atoms with Crippen LogP contribution in [0.1, 0.15) is 57.8 Å². The third kappa shape index (κ3) is 3.23. The van der Waals surface area contributed by atoms with Crippen molar-refractivity contribution in [3.8, 4) is 0 Å².